The minimum atomic E-state index is -3.62. The van der Waals surface area contributed by atoms with Crippen LogP contribution in [0.2, 0.25) is 0 Å². The Kier molecular flexibility index (Phi) is 6.22. The lowest BCUT2D eigenvalue weighted by Crippen LogP contribution is -2.37. The second-order valence-electron chi connectivity index (χ2n) is 7.63. The monoisotopic (exact) mass is 443 g/mol. The number of sulfonamides is 1. The third-order valence-electron chi connectivity index (χ3n) is 5.72. The molecule has 2 heterocycles. The number of hydrogen-bond donors (Lipinski definition) is 0. The fraction of sp³-hybridized carbons (Fsp3) is 0.348. The van der Waals surface area contributed by atoms with Gasteiger partial charge in [-0.1, -0.05) is 43.3 Å². The number of hydrogen-bond acceptors (Lipinski definition) is 4. The summed E-state index contributed by atoms with van der Waals surface area (Å²) in [6.45, 7) is 2.93. The molecule has 6 nitrogen and oxygen atoms in total. The molecule has 2 aromatic carbocycles. The van der Waals surface area contributed by atoms with Gasteiger partial charge in [0, 0.05) is 43.4 Å². The zero-order valence-electron chi connectivity index (χ0n) is 17.7. The number of halogens is 1. The van der Waals surface area contributed by atoms with E-state index in [-0.39, 0.29) is 25.6 Å². The summed E-state index contributed by atoms with van der Waals surface area (Å²) in [6.07, 6.45) is 1.23. The summed E-state index contributed by atoms with van der Waals surface area (Å²) < 4.78 is 49.6. The molecule has 1 aliphatic rings. The van der Waals surface area contributed by atoms with Crippen LogP contribution in [-0.4, -0.2) is 29.0 Å². The van der Waals surface area contributed by atoms with Gasteiger partial charge in [0.15, 0.2) is 0 Å². The van der Waals surface area contributed by atoms with Crippen LogP contribution in [0.15, 0.2) is 53.4 Å². The van der Waals surface area contributed by atoms with Crippen molar-refractivity contribution in [2.24, 2.45) is 7.05 Å². The van der Waals surface area contributed by atoms with Crippen molar-refractivity contribution in [2.45, 2.75) is 44.4 Å². The van der Waals surface area contributed by atoms with E-state index in [0.29, 0.717) is 35.5 Å². The largest absolute Gasteiger partial charge is 0.370 e. The lowest BCUT2D eigenvalue weighted by molar-refractivity contribution is 0.101. The van der Waals surface area contributed by atoms with Gasteiger partial charge in [-0.05, 0) is 24.1 Å². The minimum absolute atomic E-state index is 0.129. The highest BCUT2D eigenvalue weighted by Crippen LogP contribution is 2.29. The average Bonchev–Trinajstić information content (AvgIpc) is 3.10. The van der Waals surface area contributed by atoms with Gasteiger partial charge >= 0.3 is 0 Å². The van der Waals surface area contributed by atoms with Gasteiger partial charge < -0.3 is 4.74 Å². The first-order valence-electron chi connectivity index (χ1n) is 10.3. The van der Waals surface area contributed by atoms with Crippen molar-refractivity contribution >= 4 is 10.0 Å². The molecule has 3 aromatic rings. The summed E-state index contributed by atoms with van der Waals surface area (Å²) in [7, 11) is -1.76. The number of ether oxygens (including phenoxy) is 1. The fourth-order valence-electron chi connectivity index (χ4n) is 4.03. The molecule has 8 heteroatoms. The molecule has 0 N–H and O–H groups in total. The van der Waals surface area contributed by atoms with Crippen LogP contribution in [0.5, 0.6) is 0 Å². The standard InChI is InChI=1S/C23H26FN3O3S/c1-3-17-8-5-7-11-23(17)31(28,29)27-13-12-22-19(14-27)21(25-26(22)2)16-30-15-18-9-4-6-10-20(18)24/h4-11H,3,12-16H2,1-2H3. The van der Waals surface area contributed by atoms with Crippen LogP contribution >= 0.6 is 0 Å². The number of fused-ring (bicyclic) bond motifs is 1. The first-order valence-corrected chi connectivity index (χ1v) is 11.8. The molecular formula is C23H26FN3O3S. The van der Waals surface area contributed by atoms with Crippen molar-refractivity contribution in [1.29, 1.82) is 0 Å². The molecule has 1 aromatic heterocycles. The van der Waals surface area contributed by atoms with Crippen LogP contribution in [0.4, 0.5) is 4.39 Å². The predicted molar refractivity (Wildman–Crippen MR) is 115 cm³/mol. The Morgan fingerprint density at radius 2 is 1.77 bits per heavy atom. The van der Waals surface area contributed by atoms with Gasteiger partial charge in [0.2, 0.25) is 10.0 Å². The van der Waals surface area contributed by atoms with Gasteiger partial charge in [-0.25, -0.2) is 12.8 Å². The SMILES string of the molecule is CCc1ccccc1S(=O)(=O)N1CCc2c(c(COCc3ccccc3F)nn2C)C1. The number of aryl methyl sites for hydroxylation is 2. The molecule has 31 heavy (non-hydrogen) atoms. The van der Waals surface area contributed by atoms with Gasteiger partial charge in [0.25, 0.3) is 0 Å². The molecule has 0 atom stereocenters. The van der Waals surface area contributed by atoms with E-state index in [1.165, 1.54) is 10.4 Å². The Labute approximate surface area is 182 Å². The maximum Gasteiger partial charge on any atom is 0.243 e. The maximum atomic E-state index is 13.8. The number of aromatic nitrogens is 2. The second kappa shape index (κ2) is 8.90. The Morgan fingerprint density at radius 3 is 2.52 bits per heavy atom. The Hall–Kier alpha value is -2.55. The van der Waals surface area contributed by atoms with Crippen molar-refractivity contribution < 1.29 is 17.5 Å². The first kappa shape index (κ1) is 21.7. The van der Waals surface area contributed by atoms with E-state index in [2.05, 4.69) is 5.10 Å². The van der Waals surface area contributed by atoms with Crippen molar-refractivity contribution in [1.82, 2.24) is 14.1 Å². The van der Waals surface area contributed by atoms with E-state index in [9.17, 15) is 12.8 Å². The zero-order valence-corrected chi connectivity index (χ0v) is 18.5. The molecule has 4 rings (SSSR count). The number of nitrogens with zero attached hydrogens (tertiary/aromatic N) is 3. The number of benzene rings is 2. The molecule has 0 aliphatic carbocycles. The van der Waals surface area contributed by atoms with Crippen LogP contribution in [0.1, 0.15) is 35.0 Å². The molecule has 0 saturated heterocycles. The zero-order chi connectivity index (χ0) is 22.0. The Bertz CT molecular complexity index is 1190. The molecule has 0 radical (unpaired) electrons. The average molecular weight is 444 g/mol. The second-order valence-corrected chi connectivity index (χ2v) is 9.54. The van der Waals surface area contributed by atoms with Crippen molar-refractivity contribution in [3.63, 3.8) is 0 Å². The highest BCUT2D eigenvalue weighted by molar-refractivity contribution is 7.89. The summed E-state index contributed by atoms with van der Waals surface area (Å²) in [5.74, 6) is -0.308. The highest BCUT2D eigenvalue weighted by atomic mass is 32.2. The van der Waals surface area contributed by atoms with Crippen LogP contribution in [-0.2, 0) is 54.4 Å². The first-order chi connectivity index (χ1) is 14.9. The van der Waals surface area contributed by atoms with Crippen LogP contribution in [0.25, 0.3) is 0 Å². The molecule has 0 unspecified atom stereocenters. The van der Waals surface area contributed by atoms with Crippen molar-refractivity contribution in [3.8, 4) is 0 Å². The molecule has 1 aliphatic heterocycles. The van der Waals surface area contributed by atoms with E-state index < -0.39 is 10.0 Å². The van der Waals surface area contributed by atoms with E-state index in [1.807, 2.05) is 26.1 Å². The molecule has 0 bridgehead atoms. The lowest BCUT2D eigenvalue weighted by Gasteiger charge is -2.27. The van der Waals surface area contributed by atoms with Crippen LogP contribution in [0, 0.1) is 5.82 Å². The van der Waals surface area contributed by atoms with E-state index in [1.54, 1.807) is 35.0 Å². The summed E-state index contributed by atoms with van der Waals surface area (Å²) in [4.78, 5) is 0.363. The van der Waals surface area contributed by atoms with Gasteiger partial charge in [-0.15, -0.1) is 0 Å². The molecular weight excluding hydrogens is 417 g/mol. The van der Waals surface area contributed by atoms with E-state index >= 15 is 0 Å². The Morgan fingerprint density at radius 1 is 1.06 bits per heavy atom. The summed E-state index contributed by atoms with van der Waals surface area (Å²) in [5.41, 5.74) is 3.87. The normalized spacial score (nSPS) is 14.5. The smallest absolute Gasteiger partial charge is 0.243 e. The summed E-state index contributed by atoms with van der Waals surface area (Å²) >= 11 is 0. The van der Waals surface area contributed by atoms with Gasteiger partial charge in [0.05, 0.1) is 23.8 Å². The fourth-order valence-corrected chi connectivity index (χ4v) is 5.73. The molecule has 0 fully saturated rings. The van der Waals surface area contributed by atoms with Gasteiger partial charge in [0.1, 0.15) is 5.82 Å². The predicted octanol–water partition coefficient (Wildman–Crippen LogP) is 3.59. The summed E-state index contributed by atoms with van der Waals surface area (Å²) in [5, 5.41) is 4.55. The highest BCUT2D eigenvalue weighted by Gasteiger charge is 2.32. The maximum absolute atomic E-state index is 13.8. The van der Waals surface area contributed by atoms with Crippen LogP contribution in [0.3, 0.4) is 0 Å². The minimum Gasteiger partial charge on any atom is -0.370 e. The van der Waals surface area contributed by atoms with E-state index in [0.717, 1.165) is 16.8 Å². The third-order valence-corrected chi connectivity index (χ3v) is 7.66. The summed E-state index contributed by atoms with van der Waals surface area (Å²) in [6, 6.07) is 13.6. The molecule has 0 saturated carbocycles. The lowest BCUT2D eigenvalue weighted by atomic mass is 10.1. The topological polar surface area (TPSA) is 64.4 Å². The van der Waals surface area contributed by atoms with Gasteiger partial charge in [-0.3, -0.25) is 4.68 Å². The van der Waals surface area contributed by atoms with E-state index in [4.69, 9.17) is 4.74 Å². The molecule has 164 valence electrons. The quantitative estimate of drug-likeness (QED) is 0.560. The van der Waals surface area contributed by atoms with Crippen molar-refractivity contribution in [3.05, 3.63) is 82.4 Å². The van der Waals surface area contributed by atoms with Crippen LogP contribution < -0.4 is 0 Å². The third kappa shape index (κ3) is 4.28. The number of rotatable bonds is 7. The molecule has 0 spiro atoms. The van der Waals surface area contributed by atoms with Gasteiger partial charge in [-0.2, -0.15) is 9.40 Å². The van der Waals surface area contributed by atoms with Crippen molar-refractivity contribution in [2.75, 3.05) is 6.54 Å². The molecule has 0 amide bonds. The Balaban J connectivity index is 1.54.